The number of nitrogens with one attached hydrogen (secondary N) is 1. The van der Waals surface area contributed by atoms with Gasteiger partial charge in [0.25, 0.3) is 0 Å². The van der Waals surface area contributed by atoms with Gasteiger partial charge in [0.2, 0.25) is 0 Å². The van der Waals surface area contributed by atoms with Gasteiger partial charge < -0.3 is 10.1 Å². The number of hydrogen-bond acceptors (Lipinski definition) is 2. The molecule has 0 bridgehead atoms. The van der Waals surface area contributed by atoms with Crippen molar-refractivity contribution in [3.63, 3.8) is 0 Å². The highest BCUT2D eigenvalue weighted by atomic mass is 16.5. The first-order valence-electron chi connectivity index (χ1n) is 6.68. The molecule has 2 unspecified atom stereocenters. The SMILES string of the molecule is CCCNC1c2c(C)cc(C)cc2OC1CC. The van der Waals surface area contributed by atoms with Gasteiger partial charge in [0, 0.05) is 5.56 Å². The summed E-state index contributed by atoms with van der Waals surface area (Å²) in [6.07, 6.45) is 2.50. The van der Waals surface area contributed by atoms with Gasteiger partial charge in [0.1, 0.15) is 11.9 Å². The molecule has 0 aromatic heterocycles. The second-order valence-corrected chi connectivity index (χ2v) is 4.99. The van der Waals surface area contributed by atoms with E-state index >= 15 is 0 Å². The van der Waals surface area contributed by atoms with E-state index in [1.807, 2.05) is 0 Å². The first kappa shape index (κ1) is 12.4. The Kier molecular flexibility index (Phi) is 3.72. The minimum Gasteiger partial charge on any atom is -0.488 e. The molecule has 0 spiro atoms. The average Bonchev–Trinajstić information content (AvgIpc) is 2.64. The monoisotopic (exact) mass is 233 g/mol. The van der Waals surface area contributed by atoms with Gasteiger partial charge in [-0.25, -0.2) is 0 Å². The van der Waals surface area contributed by atoms with E-state index in [2.05, 4.69) is 45.1 Å². The van der Waals surface area contributed by atoms with Crippen LogP contribution in [0.4, 0.5) is 0 Å². The van der Waals surface area contributed by atoms with Crippen LogP contribution in [0.2, 0.25) is 0 Å². The lowest BCUT2D eigenvalue weighted by molar-refractivity contribution is 0.185. The van der Waals surface area contributed by atoms with Gasteiger partial charge in [-0.05, 0) is 50.4 Å². The molecular formula is C15H23NO. The molecule has 0 fully saturated rings. The van der Waals surface area contributed by atoms with Crippen molar-refractivity contribution in [1.82, 2.24) is 5.32 Å². The van der Waals surface area contributed by atoms with Crippen molar-refractivity contribution in [2.45, 2.75) is 52.7 Å². The van der Waals surface area contributed by atoms with Crippen LogP contribution in [-0.2, 0) is 0 Å². The van der Waals surface area contributed by atoms with Crippen LogP contribution in [0.15, 0.2) is 12.1 Å². The topological polar surface area (TPSA) is 21.3 Å². The highest BCUT2D eigenvalue weighted by Gasteiger charge is 2.33. The van der Waals surface area contributed by atoms with Crippen molar-refractivity contribution in [2.24, 2.45) is 0 Å². The van der Waals surface area contributed by atoms with Crippen molar-refractivity contribution in [3.05, 3.63) is 28.8 Å². The second-order valence-electron chi connectivity index (χ2n) is 4.99. The fraction of sp³-hybridized carbons (Fsp3) is 0.600. The Balaban J connectivity index is 2.33. The number of benzene rings is 1. The maximum absolute atomic E-state index is 6.06. The Hall–Kier alpha value is -1.02. The Labute approximate surface area is 104 Å². The van der Waals surface area contributed by atoms with Crippen LogP contribution < -0.4 is 10.1 Å². The van der Waals surface area contributed by atoms with Crippen LogP contribution in [0, 0.1) is 13.8 Å². The molecule has 2 atom stereocenters. The summed E-state index contributed by atoms with van der Waals surface area (Å²) >= 11 is 0. The number of hydrogen-bond donors (Lipinski definition) is 1. The van der Waals surface area contributed by atoms with Gasteiger partial charge in [-0.15, -0.1) is 0 Å². The fourth-order valence-corrected chi connectivity index (χ4v) is 2.71. The predicted molar refractivity (Wildman–Crippen MR) is 71.7 cm³/mol. The van der Waals surface area contributed by atoms with E-state index in [0.717, 1.165) is 25.1 Å². The largest absolute Gasteiger partial charge is 0.488 e. The quantitative estimate of drug-likeness (QED) is 0.859. The Morgan fingerprint density at radius 1 is 1.24 bits per heavy atom. The maximum Gasteiger partial charge on any atom is 0.125 e. The first-order chi connectivity index (χ1) is 8.17. The van der Waals surface area contributed by atoms with Crippen molar-refractivity contribution < 1.29 is 4.74 Å². The lowest BCUT2D eigenvalue weighted by Crippen LogP contribution is -2.31. The third kappa shape index (κ3) is 2.32. The predicted octanol–water partition coefficient (Wildman–Crippen LogP) is 3.52. The van der Waals surface area contributed by atoms with Gasteiger partial charge >= 0.3 is 0 Å². The zero-order chi connectivity index (χ0) is 12.4. The molecule has 2 nitrogen and oxygen atoms in total. The minimum atomic E-state index is 0.289. The molecule has 1 aromatic rings. The van der Waals surface area contributed by atoms with Crippen LogP contribution in [0.5, 0.6) is 5.75 Å². The van der Waals surface area contributed by atoms with Crippen LogP contribution in [0.25, 0.3) is 0 Å². The number of aryl methyl sites for hydroxylation is 2. The second kappa shape index (κ2) is 5.09. The van der Waals surface area contributed by atoms with Crippen LogP contribution in [0.3, 0.4) is 0 Å². The Bertz CT molecular complexity index is 400. The molecule has 0 saturated heterocycles. The molecule has 17 heavy (non-hydrogen) atoms. The average molecular weight is 233 g/mol. The Morgan fingerprint density at radius 2 is 2.00 bits per heavy atom. The van der Waals surface area contributed by atoms with Gasteiger partial charge in [-0.3, -0.25) is 0 Å². The molecule has 0 aliphatic carbocycles. The molecule has 1 aliphatic rings. The van der Waals surface area contributed by atoms with Crippen molar-refractivity contribution >= 4 is 0 Å². The minimum absolute atomic E-state index is 0.289. The standard InChI is InChI=1S/C15H23NO/c1-5-7-16-15-12(6-2)17-13-9-10(3)8-11(4)14(13)15/h8-9,12,15-16H,5-7H2,1-4H3. The number of fused-ring (bicyclic) bond motifs is 1. The summed E-state index contributed by atoms with van der Waals surface area (Å²) in [7, 11) is 0. The van der Waals surface area contributed by atoms with E-state index in [4.69, 9.17) is 4.74 Å². The van der Waals surface area contributed by atoms with Gasteiger partial charge in [0.05, 0.1) is 6.04 Å². The van der Waals surface area contributed by atoms with Crippen molar-refractivity contribution in [1.29, 1.82) is 0 Å². The molecule has 94 valence electrons. The smallest absolute Gasteiger partial charge is 0.125 e. The summed E-state index contributed by atoms with van der Waals surface area (Å²) in [4.78, 5) is 0. The van der Waals surface area contributed by atoms with Crippen LogP contribution >= 0.6 is 0 Å². The zero-order valence-corrected chi connectivity index (χ0v) is 11.3. The molecular weight excluding hydrogens is 210 g/mol. The van der Waals surface area contributed by atoms with E-state index in [0.29, 0.717) is 6.04 Å². The Morgan fingerprint density at radius 3 is 2.65 bits per heavy atom. The summed E-state index contributed by atoms with van der Waals surface area (Å²) in [5.74, 6) is 1.09. The van der Waals surface area contributed by atoms with Gasteiger partial charge in [-0.2, -0.15) is 0 Å². The summed E-state index contributed by atoms with van der Waals surface area (Å²) < 4.78 is 6.06. The summed E-state index contributed by atoms with van der Waals surface area (Å²) in [6.45, 7) is 9.77. The number of ether oxygens (including phenoxy) is 1. The molecule has 0 saturated carbocycles. The normalized spacial score (nSPS) is 22.4. The molecule has 0 amide bonds. The van der Waals surface area contributed by atoms with Gasteiger partial charge in [-0.1, -0.05) is 19.9 Å². The molecule has 0 radical (unpaired) electrons. The van der Waals surface area contributed by atoms with E-state index in [-0.39, 0.29) is 6.10 Å². The van der Waals surface area contributed by atoms with Crippen LogP contribution in [-0.4, -0.2) is 12.6 Å². The van der Waals surface area contributed by atoms with Gasteiger partial charge in [0.15, 0.2) is 0 Å². The highest BCUT2D eigenvalue weighted by Crippen LogP contribution is 2.40. The molecule has 1 heterocycles. The summed E-state index contributed by atoms with van der Waals surface area (Å²) in [5, 5.41) is 3.62. The van der Waals surface area contributed by atoms with E-state index in [1.165, 1.54) is 16.7 Å². The molecule has 1 aromatic carbocycles. The lowest BCUT2D eigenvalue weighted by atomic mass is 9.96. The van der Waals surface area contributed by atoms with E-state index in [1.54, 1.807) is 0 Å². The molecule has 2 heteroatoms. The lowest BCUT2D eigenvalue weighted by Gasteiger charge is -2.19. The van der Waals surface area contributed by atoms with E-state index in [9.17, 15) is 0 Å². The van der Waals surface area contributed by atoms with Crippen molar-refractivity contribution in [2.75, 3.05) is 6.54 Å². The third-order valence-corrected chi connectivity index (χ3v) is 3.47. The first-order valence-corrected chi connectivity index (χ1v) is 6.68. The number of rotatable bonds is 4. The summed E-state index contributed by atoms with van der Waals surface area (Å²) in [6, 6.07) is 4.79. The fourth-order valence-electron chi connectivity index (χ4n) is 2.71. The van der Waals surface area contributed by atoms with E-state index < -0.39 is 0 Å². The molecule has 1 N–H and O–H groups in total. The van der Waals surface area contributed by atoms with Crippen LogP contribution in [0.1, 0.15) is 49.4 Å². The van der Waals surface area contributed by atoms with Crippen molar-refractivity contribution in [3.8, 4) is 5.75 Å². The maximum atomic E-state index is 6.06. The molecule has 1 aliphatic heterocycles. The third-order valence-electron chi connectivity index (χ3n) is 3.47. The highest BCUT2D eigenvalue weighted by molar-refractivity contribution is 5.48. The summed E-state index contributed by atoms with van der Waals surface area (Å²) in [5.41, 5.74) is 4.01. The zero-order valence-electron chi connectivity index (χ0n) is 11.3. The molecule has 2 rings (SSSR count).